The van der Waals surface area contributed by atoms with E-state index in [1.165, 1.54) is 11.3 Å². The number of aliphatic hydroxyl groups is 1. The zero-order valence-corrected chi connectivity index (χ0v) is 12.6. The van der Waals surface area contributed by atoms with Crippen LogP contribution in [0.2, 0.25) is 0 Å². The molecule has 112 valence electrons. The Morgan fingerprint density at radius 1 is 1.48 bits per heavy atom. The Kier molecular flexibility index (Phi) is 5.71. The number of carbonyl (C=O) groups excluding carboxylic acids is 1. The zero-order valence-electron chi connectivity index (χ0n) is 11.8. The molecule has 1 amide bonds. The van der Waals surface area contributed by atoms with Crippen LogP contribution in [-0.2, 0) is 11.2 Å². The largest absolute Gasteiger partial charge is 0.490 e. The molecule has 0 fully saturated rings. The van der Waals surface area contributed by atoms with Crippen LogP contribution in [0.1, 0.15) is 11.3 Å². The molecule has 0 spiro atoms. The fourth-order valence-corrected chi connectivity index (χ4v) is 2.35. The number of rotatable bonds is 7. The van der Waals surface area contributed by atoms with E-state index in [4.69, 9.17) is 4.74 Å². The summed E-state index contributed by atoms with van der Waals surface area (Å²) in [4.78, 5) is 15.8. The molecule has 0 aliphatic rings. The minimum absolute atomic E-state index is 0.0621. The van der Waals surface area contributed by atoms with Crippen molar-refractivity contribution in [2.45, 2.75) is 19.4 Å². The average Bonchev–Trinajstić information content (AvgIpc) is 2.99. The number of nitrogens with one attached hydrogen (secondary N) is 1. The van der Waals surface area contributed by atoms with E-state index in [-0.39, 0.29) is 6.61 Å². The number of carbonyl (C=O) groups is 1. The van der Waals surface area contributed by atoms with Crippen LogP contribution in [-0.4, -0.2) is 35.3 Å². The van der Waals surface area contributed by atoms with Gasteiger partial charge in [-0.15, -0.1) is 11.3 Å². The second kappa shape index (κ2) is 7.75. The van der Waals surface area contributed by atoms with Gasteiger partial charge in [0.15, 0.2) is 6.10 Å². The second-order valence-electron chi connectivity index (χ2n) is 4.61. The van der Waals surface area contributed by atoms with Gasteiger partial charge in [-0.25, -0.2) is 4.98 Å². The van der Waals surface area contributed by atoms with Crippen LogP contribution >= 0.6 is 11.3 Å². The first-order valence-electron chi connectivity index (χ1n) is 6.68. The number of nitrogens with zero attached hydrogens (tertiary/aromatic N) is 1. The third-order valence-corrected chi connectivity index (χ3v) is 3.59. The van der Waals surface area contributed by atoms with Crippen LogP contribution in [0, 0.1) is 6.92 Å². The minimum atomic E-state index is -1.18. The maximum Gasteiger partial charge on any atom is 0.252 e. The molecule has 0 radical (unpaired) electrons. The maximum absolute atomic E-state index is 11.7. The molecule has 21 heavy (non-hydrogen) atoms. The zero-order chi connectivity index (χ0) is 15.1. The molecule has 1 heterocycles. The molecule has 1 atom stereocenters. The van der Waals surface area contributed by atoms with Crippen molar-refractivity contribution in [3.8, 4) is 5.75 Å². The number of ether oxygens (including phenoxy) is 1. The van der Waals surface area contributed by atoms with Gasteiger partial charge in [0.2, 0.25) is 0 Å². The second-order valence-corrected chi connectivity index (χ2v) is 5.33. The highest BCUT2D eigenvalue weighted by atomic mass is 32.1. The Morgan fingerprint density at radius 3 is 3.00 bits per heavy atom. The molecule has 0 saturated carbocycles. The van der Waals surface area contributed by atoms with Crippen LogP contribution < -0.4 is 10.1 Å². The van der Waals surface area contributed by atoms with Gasteiger partial charge in [-0.3, -0.25) is 4.79 Å². The normalized spacial score (nSPS) is 11.9. The van der Waals surface area contributed by atoms with Crippen molar-refractivity contribution in [2.24, 2.45) is 0 Å². The summed E-state index contributed by atoms with van der Waals surface area (Å²) in [6, 6.07) is 7.48. The van der Waals surface area contributed by atoms with Crippen molar-refractivity contribution in [3.05, 3.63) is 46.4 Å². The molecule has 2 rings (SSSR count). The lowest BCUT2D eigenvalue weighted by Gasteiger charge is -2.13. The Labute approximate surface area is 127 Å². The van der Waals surface area contributed by atoms with Gasteiger partial charge in [0.25, 0.3) is 5.91 Å². The first kappa shape index (κ1) is 15.5. The standard InChI is InChI=1S/C15H18N2O3S/c1-11-4-2-3-5-14(11)20-8-13(18)15(19)16-7-6-12-9-21-10-17-12/h2-5,9-10,13,18H,6-8H2,1H3,(H,16,19)/t13-/m1/s1. The maximum atomic E-state index is 11.7. The summed E-state index contributed by atoms with van der Waals surface area (Å²) in [5, 5.41) is 14.4. The summed E-state index contributed by atoms with van der Waals surface area (Å²) >= 11 is 1.52. The van der Waals surface area contributed by atoms with Gasteiger partial charge in [-0.1, -0.05) is 18.2 Å². The van der Waals surface area contributed by atoms with Crippen LogP contribution in [0.3, 0.4) is 0 Å². The van der Waals surface area contributed by atoms with E-state index in [1.54, 1.807) is 5.51 Å². The van der Waals surface area contributed by atoms with Crippen LogP contribution in [0.15, 0.2) is 35.2 Å². The van der Waals surface area contributed by atoms with E-state index in [1.807, 2.05) is 36.6 Å². The number of benzene rings is 1. The third kappa shape index (κ3) is 4.84. The van der Waals surface area contributed by atoms with Gasteiger partial charge in [0, 0.05) is 18.3 Å². The highest BCUT2D eigenvalue weighted by Gasteiger charge is 2.15. The van der Waals surface area contributed by atoms with Gasteiger partial charge >= 0.3 is 0 Å². The summed E-state index contributed by atoms with van der Waals surface area (Å²) in [5.74, 6) is 0.241. The fraction of sp³-hybridized carbons (Fsp3) is 0.333. The summed E-state index contributed by atoms with van der Waals surface area (Å²) in [5.41, 5.74) is 3.65. The van der Waals surface area contributed by atoms with E-state index < -0.39 is 12.0 Å². The Bertz CT molecular complexity index is 572. The van der Waals surface area contributed by atoms with Crippen molar-refractivity contribution in [2.75, 3.05) is 13.2 Å². The number of hydrogen-bond acceptors (Lipinski definition) is 5. The van der Waals surface area contributed by atoms with E-state index in [0.717, 1.165) is 11.3 Å². The predicted molar refractivity (Wildman–Crippen MR) is 81.5 cm³/mol. The van der Waals surface area contributed by atoms with Crippen molar-refractivity contribution < 1.29 is 14.6 Å². The topological polar surface area (TPSA) is 71.5 Å². The number of para-hydroxylation sites is 1. The molecule has 5 nitrogen and oxygen atoms in total. The van der Waals surface area contributed by atoms with Crippen LogP contribution in [0.5, 0.6) is 5.75 Å². The molecular formula is C15H18N2O3S. The molecule has 0 bridgehead atoms. The summed E-state index contributed by atoms with van der Waals surface area (Å²) < 4.78 is 5.45. The molecule has 6 heteroatoms. The number of thiazole rings is 1. The van der Waals surface area contributed by atoms with Crippen molar-refractivity contribution in [3.63, 3.8) is 0 Å². The van der Waals surface area contributed by atoms with Gasteiger partial charge in [0.1, 0.15) is 12.4 Å². The quantitative estimate of drug-likeness (QED) is 0.814. The number of aryl methyl sites for hydroxylation is 1. The van der Waals surface area contributed by atoms with Crippen LogP contribution in [0.25, 0.3) is 0 Å². The smallest absolute Gasteiger partial charge is 0.252 e. The summed E-state index contributed by atoms with van der Waals surface area (Å²) in [7, 11) is 0. The van der Waals surface area contributed by atoms with Gasteiger partial charge in [-0.05, 0) is 18.6 Å². The van der Waals surface area contributed by atoms with Gasteiger partial charge < -0.3 is 15.2 Å². The van der Waals surface area contributed by atoms with Crippen molar-refractivity contribution >= 4 is 17.2 Å². The van der Waals surface area contributed by atoms with E-state index >= 15 is 0 Å². The third-order valence-electron chi connectivity index (χ3n) is 2.96. The lowest BCUT2D eigenvalue weighted by atomic mass is 10.2. The fourth-order valence-electron chi connectivity index (χ4n) is 1.76. The molecule has 0 aliphatic heterocycles. The van der Waals surface area contributed by atoms with Crippen molar-refractivity contribution in [1.29, 1.82) is 0 Å². The first-order valence-corrected chi connectivity index (χ1v) is 7.62. The molecule has 2 aromatic rings. The average molecular weight is 306 g/mol. The Morgan fingerprint density at radius 2 is 2.29 bits per heavy atom. The molecule has 1 aromatic heterocycles. The highest BCUT2D eigenvalue weighted by Crippen LogP contribution is 2.16. The summed E-state index contributed by atoms with van der Waals surface area (Å²) in [6.45, 7) is 2.30. The lowest BCUT2D eigenvalue weighted by molar-refractivity contribution is -0.130. The van der Waals surface area contributed by atoms with Crippen LogP contribution in [0.4, 0.5) is 0 Å². The first-order chi connectivity index (χ1) is 10.2. The minimum Gasteiger partial charge on any atom is -0.490 e. The lowest BCUT2D eigenvalue weighted by Crippen LogP contribution is -2.39. The Hall–Kier alpha value is -1.92. The van der Waals surface area contributed by atoms with Crippen molar-refractivity contribution in [1.82, 2.24) is 10.3 Å². The molecule has 0 aliphatic carbocycles. The molecule has 0 saturated heterocycles. The summed E-state index contributed by atoms with van der Waals surface area (Å²) in [6.07, 6.45) is -0.527. The number of hydrogen-bond donors (Lipinski definition) is 2. The molecule has 0 unspecified atom stereocenters. The monoisotopic (exact) mass is 306 g/mol. The number of aliphatic hydroxyl groups excluding tert-OH is 1. The van der Waals surface area contributed by atoms with Gasteiger partial charge in [0.05, 0.1) is 11.2 Å². The predicted octanol–water partition coefficient (Wildman–Crippen LogP) is 1.55. The number of aromatic nitrogens is 1. The molecular weight excluding hydrogens is 288 g/mol. The molecule has 2 N–H and O–H groups in total. The van der Waals surface area contributed by atoms with Gasteiger partial charge in [-0.2, -0.15) is 0 Å². The van der Waals surface area contributed by atoms with E-state index in [0.29, 0.717) is 18.7 Å². The molecule has 1 aromatic carbocycles. The SMILES string of the molecule is Cc1ccccc1OC[C@@H](O)C(=O)NCCc1cscn1. The van der Waals surface area contributed by atoms with E-state index in [9.17, 15) is 9.90 Å². The highest BCUT2D eigenvalue weighted by molar-refractivity contribution is 7.07. The Balaban J connectivity index is 1.71. The van der Waals surface area contributed by atoms with E-state index in [2.05, 4.69) is 10.3 Å². The number of amides is 1.